The van der Waals surface area contributed by atoms with Crippen molar-refractivity contribution in [2.45, 2.75) is 28.8 Å². The van der Waals surface area contributed by atoms with Crippen LogP contribution in [0.2, 0.25) is 0 Å². The Morgan fingerprint density at radius 2 is 1.77 bits per heavy atom. The molecule has 0 saturated carbocycles. The topological polar surface area (TPSA) is 162 Å². The van der Waals surface area contributed by atoms with Gasteiger partial charge in [0.05, 0.1) is 22.9 Å². The second-order valence-electron chi connectivity index (χ2n) is 6.35. The van der Waals surface area contributed by atoms with Crippen LogP contribution >= 0.6 is 0 Å². The van der Waals surface area contributed by atoms with Crippen LogP contribution in [0.1, 0.15) is 11.4 Å². The van der Waals surface area contributed by atoms with Gasteiger partial charge in [-0.1, -0.05) is 17.0 Å². The minimum Gasteiger partial charge on any atom is -0.497 e. The molecule has 0 aliphatic carbocycles. The van der Waals surface area contributed by atoms with Gasteiger partial charge in [-0.3, -0.25) is 4.79 Å². The number of carbonyl (C=O) groups is 1. The van der Waals surface area contributed by atoms with Crippen molar-refractivity contribution < 1.29 is 23.2 Å². The molecule has 0 aliphatic heterocycles. The smallest absolute Gasteiger partial charge is 0.235 e. The van der Waals surface area contributed by atoms with Gasteiger partial charge < -0.3 is 21.0 Å². The van der Waals surface area contributed by atoms with Gasteiger partial charge in [0.25, 0.3) is 0 Å². The summed E-state index contributed by atoms with van der Waals surface area (Å²) in [5.74, 6) is -0.00135. The van der Waals surface area contributed by atoms with Crippen LogP contribution < -0.4 is 15.8 Å². The molecule has 0 aliphatic rings. The first-order valence-electron chi connectivity index (χ1n) is 8.78. The minimum absolute atomic E-state index is 0.0111. The highest BCUT2D eigenvalue weighted by atomic mass is 32.2. The van der Waals surface area contributed by atoms with Crippen LogP contribution in [0.5, 0.6) is 5.75 Å². The Hall–Kier alpha value is -3.51. The Bertz CT molecular complexity index is 1110. The van der Waals surface area contributed by atoms with E-state index >= 15 is 0 Å². The van der Waals surface area contributed by atoms with E-state index in [1.165, 1.54) is 31.4 Å². The molecule has 30 heavy (non-hydrogen) atoms. The molecule has 4 N–H and O–H groups in total. The SMILES string of the molecule is COc1ccc(S(=O)(=O)c2ccc(CNC(Cc3nnnn3O)C(N)=O)cc2)cc1. The Morgan fingerprint density at radius 1 is 1.17 bits per heavy atom. The van der Waals surface area contributed by atoms with Crippen molar-refractivity contribution in [3.63, 3.8) is 0 Å². The highest BCUT2D eigenvalue weighted by molar-refractivity contribution is 7.91. The summed E-state index contributed by atoms with van der Waals surface area (Å²) < 4.78 is 30.5. The summed E-state index contributed by atoms with van der Waals surface area (Å²) in [6, 6.07) is 11.6. The number of primary amides is 1. The third kappa shape index (κ3) is 4.72. The maximum atomic E-state index is 12.7. The monoisotopic (exact) mass is 432 g/mol. The molecule has 1 aromatic heterocycles. The molecule has 0 fully saturated rings. The van der Waals surface area contributed by atoms with E-state index in [0.29, 0.717) is 10.6 Å². The molecule has 0 bridgehead atoms. The number of rotatable bonds is 9. The Kier molecular flexibility index (Phi) is 6.28. The molecule has 3 aromatic rings. The average Bonchev–Trinajstić information content (AvgIpc) is 3.15. The van der Waals surface area contributed by atoms with Gasteiger partial charge >= 0.3 is 0 Å². The van der Waals surface area contributed by atoms with Crippen molar-refractivity contribution in [2.75, 3.05) is 7.11 Å². The zero-order valence-electron chi connectivity index (χ0n) is 16.0. The maximum Gasteiger partial charge on any atom is 0.235 e. The molecule has 0 spiro atoms. The van der Waals surface area contributed by atoms with Crippen molar-refractivity contribution in [3.8, 4) is 5.75 Å². The molecule has 11 nitrogen and oxygen atoms in total. The number of carbonyl (C=O) groups excluding carboxylic acids is 1. The second kappa shape index (κ2) is 8.88. The van der Waals surface area contributed by atoms with Gasteiger partial charge in [0.2, 0.25) is 15.7 Å². The number of nitrogens with two attached hydrogens (primary N) is 1. The van der Waals surface area contributed by atoms with Gasteiger partial charge in [0, 0.05) is 13.0 Å². The Labute approximate surface area is 172 Å². The number of nitrogens with zero attached hydrogens (tertiary/aromatic N) is 4. The number of ether oxygens (including phenoxy) is 1. The molecular weight excluding hydrogens is 412 g/mol. The van der Waals surface area contributed by atoms with Gasteiger partial charge in [-0.05, 0) is 52.4 Å². The zero-order valence-corrected chi connectivity index (χ0v) is 16.8. The fourth-order valence-electron chi connectivity index (χ4n) is 2.70. The summed E-state index contributed by atoms with van der Waals surface area (Å²) in [6.45, 7) is 0.240. The van der Waals surface area contributed by atoms with E-state index in [9.17, 15) is 18.4 Å². The second-order valence-corrected chi connectivity index (χ2v) is 8.30. The molecule has 158 valence electrons. The predicted molar refractivity (Wildman–Crippen MR) is 103 cm³/mol. The van der Waals surface area contributed by atoms with Gasteiger partial charge in [-0.15, -0.1) is 5.10 Å². The van der Waals surface area contributed by atoms with E-state index in [-0.39, 0.29) is 28.6 Å². The predicted octanol–water partition coefficient (Wildman–Crippen LogP) is -0.0620. The van der Waals surface area contributed by atoms with E-state index < -0.39 is 21.8 Å². The number of sulfone groups is 1. The lowest BCUT2D eigenvalue weighted by Crippen LogP contribution is -2.43. The van der Waals surface area contributed by atoms with Gasteiger partial charge in [0.1, 0.15) is 5.75 Å². The van der Waals surface area contributed by atoms with Crippen molar-refractivity contribution in [1.82, 2.24) is 25.7 Å². The summed E-state index contributed by atoms with van der Waals surface area (Å²) in [6.07, 6.45) is -0.0111. The molecule has 12 heteroatoms. The van der Waals surface area contributed by atoms with Gasteiger partial charge in [-0.2, -0.15) is 0 Å². The van der Waals surface area contributed by atoms with Crippen LogP contribution in [0.15, 0.2) is 58.3 Å². The van der Waals surface area contributed by atoms with Crippen LogP contribution in [0.3, 0.4) is 0 Å². The first-order valence-corrected chi connectivity index (χ1v) is 10.3. The van der Waals surface area contributed by atoms with Crippen LogP contribution in [0.25, 0.3) is 0 Å². The third-order valence-corrected chi connectivity index (χ3v) is 6.19. The van der Waals surface area contributed by atoms with Crippen LogP contribution in [-0.2, 0) is 27.6 Å². The number of nitrogens with one attached hydrogen (secondary N) is 1. The molecule has 1 amide bonds. The van der Waals surface area contributed by atoms with E-state index in [1.54, 1.807) is 24.3 Å². The van der Waals surface area contributed by atoms with Crippen molar-refractivity contribution >= 4 is 15.7 Å². The first kappa shape index (κ1) is 21.2. The van der Waals surface area contributed by atoms with Crippen molar-refractivity contribution in [3.05, 3.63) is 59.9 Å². The summed E-state index contributed by atoms with van der Waals surface area (Å²) >= 11 is 0. The fourth-order valence-corrected chi connectivity index (χ4v) is 3.96. The highest BCUT2D eigenvalue weighted by Crippen LogP contribution is 2.23. The lowest BCUT2D eigenvalue weighted by atomic mass is 10.1. The molecule has 1 heterocycles. The summed E-state index contributed by atoms with van der Waals surface area (Å²) in [5.41, 5.74) is 6.12. The lowest BCUT2D eigenvalue weighted by Gasteiger charge is -2.14. The molecular formula is C18H20N6O5S. The normalized spacial score (nSPS) is 12.4. The molecule has 0 saturated heterocycles. The van der Waals surface area contributed by atoms with E-state index in [4.69, 9.17) is 10.5 Å². The molecule has 1 unspecified atom stereocenters. The number of amides is 1. The number of benzene rings is 2. The Balaban J connectivity index is 1.68. The molecule has 1 atom stereocenters. The van der Waals surface area contributed by atoms with E-state index in [2.05, 4.69) is 20.8 Å². The number of methoxy groups -OCH3 is 1. The third-order valence-electron chi connectivity index (χ3n) is 4.40. The molecule has 2 aromatic carbocycles. The number of hydrogen-bond acceptors (Lipinski definition) is 9. The fraction of sp³-hybridized carbons (Fsp3) is 0.222. The summed E-state index contributed by atoms with van der Waals surface area (Å²) in [4.78, 5) is 12.4. The van der Waals surface area contributed by atoms with E-state index in [0.717, 1.165) is 5.56 Å². The van der Waals surface area contributed by atoms with Crippen LogP contribution in [0, 0.1) is 0 Å². The lowest BCUT2D eigenvalue weighted by molar-refractivity contribution is -0.120. The quantitative estimate of drug-likeness (QED) is 0.393. The number of hydrogen-bond donors (Lipinski definition) is 3. The zero-order chi connectivity index (χ0) is 21.7. The summed E-state index contributed by atoms with van der Waals surface area (Å²) in [5, 5.41) is 22.6. The number of aromatic nitrogens is 4. The highest BCUT2D eigenvalue weighted by Gasteiger charge is 2.20. The standard InChI is InChI=1S/C18H20N6O5S/c1-29-13-4-8-15(9-5-13)30(27,28)14-6-2-12(3-7-14)11-20-16(18(19)25)10-17-21-22-23-24(17)26/h2-9,16,20,26H,10-11H2,1H3,(H2,19,25). The largest absolute Gasteiger partial charge is 0.497 e. The van der Waals surface area contributed by atoms with Crippen LogP contribution in [0.4, 0.5) is 0 Å². The van der Waals surface area contributed by atoms with Gasteiger partial charge in [0.15, 0.2) is 5.82 Å². The van der Waals surface area contributed by atoms with Crippen molar-refractivity contribution in [1.29, 1.82) is 0 Å². The van der Waals surface area contributed by atoms with Gasteiger partial charge in [-0.25, -0.2) is 8.42 Å². The minimum atomic E-state index is -3.67. The number of tetrazole rings is 1. The first-order chi connectivity index (χ1) is 14.3. The summed E-state index contributed by atoms with van der Waals surface area (Å²) in [7, 11) is -2.16. The molecule has 3 rings (SSSR count). The van der Waals surface area contributed by atoms with Crippen molar-refractivity contribution in [2.24, 2.45) is 5.73 Å². The van der Waals surface area contributed by atoms with Crippen LogP contribution in [-0.4, -0.2) is 53.1 Å². The van der Waals surface area contributed by atoms with E-state index in [1.807, 2.05) is 0 Å². The maximum absolute atomic E-state index is 12.7. The molecule has 0 radical (unpaired) electrons. The average molecular weight is 432 g/mol. The Morgan fingerprint density at radius 3 is 2.27 bits per heavy atom.